The number of nitrogens with zero attached hydrogens (tertiary/aromatic N) is 1. The van der Waals surface area contributed by atoms with E-state index in [2.05, 4.69) is 36.6 Å². The summed E-state index contributed by atoms with van der Waals surface area (Å²) in [5.74, 6) is -0.487. The van der Waals surface area contributed by atoms with Crippen LogP contribution in [0.25, 0.3) is 0 Å². The lowest BCUT2D eigenvalue weighted by molar-refractivity contribution is 0.427. The molecule has 2 rings (SSSR count). The number of benzene rings is 1. The minimum atomic E-state index is -4.09. The zero-order chi connectivity index (χ0) is 24.4. The first-order valence-electron chi connectivity index (χ1n) is 11.4. The Morgan fingerprint density at radius 3 is 2.55 bits per heavy atom. The van der Waals surface area contributed by atoms with Gasteiger partial charge in [-0.1, -0.05) is 43.1 Å². The van der Waals surface area contributed by atoms with Crippen LogP contribution in [0.2, 0.25) is 0 Å². The number of allylic oxidation sites excluding steroid dienone is 4. The molecule has 0 fully saturated rings. The largest absolute Gasteiger partial charge is 0.508 e. The number of sulfonamides is 1. The molecule has 0 bridgehead atoms. The van der Waals surface area contributed by atoms with Gasteiger partial charge in [-0.2, -0.15) is 0 Å². The highest BCUT2D eigenvalue weighted by Gasteiger charge is 2.27. The van der Waals surface area contributed by atoms with Gasteiger partial charge in [0.25, 0.3) is 10.0 Å². The Labute approximate surface area is 198 Å². The average Bonchev–Trinajstić information content (AvgIpc) is 2.73. The SMILES string of the molecule is CCCCCc1cc(O)c(CC=C(C)CCC=C(C)C)c(O)c1S(=O)(=O)Nc1cccnc1. The normalized spacial score (nSPS) is 11.9. The molecule has 0 saturated heterocycles. The van der Waals surface area contributed by atoms with Crippen LogP contribution >= 0.6 is 0 Å². The van der Waals surface area contributed by atoms with Crippen LogP contribution in [0.1, 0.15) is 70.9 Å². The van der Waals surface area contributed by atoms with Crippen LogP contribution in [0.4, 0.5) is 5.69 Å². The van der Waals surface area contributed by atoms with Crippen molar-refractivity contribution >= 4 is 15.7 Å². The maximum absolute atomic E-state index is 13.3. The van der Waals surface area contributed by atoms with Crippen LogP contribution in [0.3, 0.4) is 0 Å². The molecule has 1 aromatic heterocycles. The van der Waals surface area contributed by atoms with Gasteiger partial charge in [0, 0.05) is 11.8 Å². The second-order valence-corrected chi connectivity index (χ2v) is 10.2. The van der Waals surface area contributed by atoms with Gasteiger partial charge in [-0.15, -0.1) is 0 Å². The second-order valence-electron chi connectivity index (χ2n) is 8.59. The maximum atomic E-state index is 13.3. The number of hydrogen-bond acceptors (Lipinski definition) is 5. The number of phenols is 2. The summed E-state index contributed by atoms with van der Waals surface area (Å²) in [5, 5.41) is 21.7. The Hall–Kier alpha value is -2.80. The van der Waals surface area contributed by atoms with Gasteiger partial charge < -0.3 is 10.2 Å². The van der Waals surface area contributed by atoms with E-state index in [1.165, 1.54) is 17.8 Å². The highest BCUT2D eigenvalue weighted by molar-refractivity contribution is 7.92. The lowest BCUT2D eigenvalue weighted by atomic mass is 10.00. The van der Waals surface area contributed by atoms with E-state index in [-0.39, 0.29) is 22.6 Å². The van der Waals surface area contributed by atoms with Crippen molar-refractivity contribution in [1.82, 2.24) is 4.98 Å². The standard InChI is InChI=1S/C26H36N2O4S/c1-5-6-7-12-21-17-24(29)23(15-14-20(4)11-8-10-19(2)3)25(30)26(21)33(31,32)28-22-13-9-16-27-18-22/h9-10,13-14,16-18,28-30H,5-8,11-12,15H2,1-4H3. The van der Waals surface area contributed by atoms with Crippen molar-refractivity contribution in [3.63, 3.8) is 0 Å². The van der Waals surface area contributed by atoms with E-state index in [9.17, 15) is 18.6 Å². The first kappa shape index (κ1) is 26.5. The number of aromatic nitrogens is 1. The third kappa shape index (κ3) is 7.93. The van der Waals surface area contributed by atoms with Gasteiger partial charge in [0.15, 0.2) is 0 Å². The van der Waals surface area contributed by atoms with Crippen LogP contribution in [0, 0.1) is 0 Å². The van der Waals surface area contributed by atoms with E-state index in [1.54, 1.807) is 18.3 Å². The van der Waals surface area contributed by atoms with E-state index < -0.39 is 15.8 Å². The maximum Gasteiger partial charge on any atom is 0.265 e. The van der Waals surface area contributed by atoms with Crippen molar-refractivity contribution in [1.29, 1.82) is 0 Å². The zero-order valence-corrected chi connectivity index (χ0v) is 20.9. The lowest BCUT2D eigenvalue weighted by Crippen LogP contribution is -2.16. The van der Waals surface area contributed by atoms with Gasteiger partial charge in [0.1, 0.15) is 16.4 Å². The monoisotopic (exact) mass is 472 g/mol. The van der Waals surface area contributed by atoms with Crippen LogP contribution in [0.5, 0.6) is 11.5 Å². The summed E-state index contributed by atoms with van der Waals surface area (Å²) in [6.07, 6.45) is 12.1. The number of unbranched alkanes of at least 4 members (excludes halogenated alkanes) is 2. The van der Waals surface area contributed by atoms with Crippen molar-refractivity contribution in [2.75, 3.05) is 4.72 Å². The van der Waals surface area contributed by atoms with Gasteiger partial charge >= 0.3 is 0 Å². The predicted molar refractivity (Wildman–Crippen MR) is 134 cm³/mol. The molecular formula is C26H36N2O4S. The Morgan fingerprint density at radius 2 is 1.91 bits per heavy atom. The molecule has 180 valence electrons. The van der Waals surface area contributed by atoms with Crippen LogP contribution in [-0.2, 0) is 22.9 Å². The zero-order valence-electron chi connectivity index (χ0n) is 20.1. The quantitative estimate of drug-likeness (QED) is 0.250. The molecule has 7 heteroatoms. The van der Waals surface area contributed by atoms with Crippen LogP contribution in [0.15, 0.2) is 58.8 Å². The summed E-state index contributed by atoms with van der Waals surface area (Å²) in [6.45, 7) is 8.16. The highest BCUT2D eigenvalue weighted by Crippen LogP contribution is 2.39. The van der Waals surface area contributed by atoms with Gasteiger partial charge in [-0.05, 0) is 76.6 Å². The molecule has 0 aliphatic heterocycles. The van der Waals surface area contributed by atoms with Crippen LogP contribution < -0.4 is 4.72 Å². The Kier molecular flexibility index (Phi) is 9.97. The molecule has 1 aromatic carbocycles. The topological polar surface area (TPSA) is 99.5 Å². The number of hydrogen-bond donors (Lipinski definition) is 3. The first-order valence-corrected chi connectivity index (χ1v) is 12.9. The fourth-order valence-corrected chi connectivity index (χ4v) is 4.99. The molecule has 0 amide bonds. The molecule has 2 aromatic rings. The van der Waals surface area contributed by atoms with Crippen molar-refractivity contribution in [3.8, 4) is 11.5 Å². The number of phenolic OH excluding ortho intramolecular Hbond substituents is 2. The first-order chi connectivity index (χ1) is 15.7. The van der Waals surface area contributed by atoms with Crippen LogP contribution in [-0.4, -0.2) is 23.6 Å². The number of anilines is 1. The Bertz CT molecular complexity index is 1090. The minimum absolute atomic E-state index is 0.0901. The molecule has 33 heavy (non-hydrogen) atoms. The molecular weight excluding hydrogens is 436 g/mol. The molecule has 1 heterocycles. The highest BCUT2D eigenvalue weighted by atomic mass is 32.2. The minimum Gasteiger partial charge on any atom is -0.508 e. The van der Waals surface area contributed by atoms with Crippen molar-refractivity contribution < 1.29 is 18.6 Å². The third-order valence-corrected chi connectivity index (χ3v) is 6.89. The molecule has 0 unspecified atom stereocenters. The summed E-state index contributed by atoms with van der Waals surface area (Å²) in [7, 11) is -4.09. The molecule has 0 aliphatic rings. The van der Waals surface area contributed by atoms with Gasteiger partial charge in [0.05, 0.1) is 11.9 Å². The Balaban J connectivity index is 2.43. The van der Waals surface area contributed by atoms with Gasteiger partial charge in [0.2, 0.25) is 0 Å². The summed E-state index contributed by atoms with van der Waals surface area (Å²) < 4.78 is 29.1. The van der Waals surface area contributed by atoms with Crippen molar-refractivity contribution in [2.45, 2.75) is 77.5 Å². The molecule has 0 atom stereocenters. The molecule has 6 nitrogen and oxygen atoms in total. The molecule has 0 radical (unpaired) electrons. The molecule has 3 N–H and O–H groups in total. The molecule has 0 spiro atoms. The summed E-state index contributed by atoms with van der Waals surface area (Å²) in [5.41, 5.74) is 3.29. The number of rotatable bonds is 12. The van der Waals surface area contributed by atoms with E-state index in [4.69, 9.17) is 0 Å². The lowest BCUT2D eigenvalue weighted by Gasteiger charge is -2.17. The number of nitrogens with one attached hydrogen (secondary N) is 1. The smallest absolute Gasteiger partial charge is 0.265 e. The number of aryl methyl sites for hydroxylation is 1. The average molecular weight is 473 g/mol. The molecule has 0 aliphatic carbocycles. The molecule has 0 saturated carbocycles. The number of pyridine rings is 1. The Morgan fingerprint density at radius 1 is 1.15 bits per heavy atom. The summed E-state index contributed by atoms with van der Waals surface area (Å²) in [6, 6.07) is 4.71. The van der Waals surface area contributed by atoms with Crippen molar-refractivity contribution in [3.05, 3.63) is 65.0 Å². The fourth-order valence-electron chi connectivity index (χ4n) is 3.58. The van der Waals surface area contributed by atoms with Gasteiger partial charge in [-0.3, -0.25) is 9.71 Å². The van der Waals surface area contributed by atoms with Crippen molar-refractivity contribution in [2.24, 2.45) is 0 Å². The van der Waals surface area contributed by atoms with E-state index in [0.29, 0.717) is 17.7 Å². The third-order valence-electron chi connectivity index (χ3n) is 5.39. The van der Waals surface area contributed by atoms with E-state index in [1.807, 2.05) is 13.0 Å². The van der Waals surface area contributed by atoms with E-state index >= 15 is 0 Å². The van der Waals surface area contributed by atoms with E-state index in [0.717, 1.165) is 37.7 Å². The summed E-state index contributed by atoms with van der Waals surface area (Å²) >= 11 is 0. The van der Waals surface area contributed by atoms with Gasteiger partial charge in [-0.25, -0.2) is 8.42 Å². The fraction of sp³-hybridized carbons (Fsp3) is 0.423. The second kappa shape index (κ2) is 12.4. The predicted octanol–water partition coefficient (Wildman–Crippen LogP) is 6.26. The number of aromatic hydroxyl groups is 2. The summed E-state index contributed by atoms with van der Waals surface area (Å²) in [4.78, 5) is 3.77.